The molecule has 0 aromatic heterocycles. The van der Waals surface area contributed by atoms with E-state index in [9.17, 15) is 9.59 Å². The Morgan fingerprint density at radius 3 is 1.82 bits per heavy atom. The number of rotatable bonds is 6. The van der Waals surface area contributed by atoms with Crippen molar-refractivity contribution in [1.29, 1.82) is 0 Å². The number of amides is 1. The molecule has 5 nitrogen and oxygen atoms in total. The van der Waals surface area contributed by atoms with Gasteiger partial charge in [0.05, 0.1) is 13.2 Å². The third-order valence-electron chi connectivity index (χ3n) is 3.02. The SMILES string of the molecule is CCC(C)C(NC(=O)OCC(C)(C)C)C(=O)OCC(C)(C)C. The molecule has 0 radical (unpaired) electrons. The summed E-state index contributed by atoms with van der Waals surface area (Å²) >= 11 is 0. The van der Waals surface area contributed by atoms with Crippen molar-refractivity contribution in [2.45, 2.75) is 67.9 Å². The molecule has 2 unspecified atom stereocenters. The highest BCUT2D eigenvalue weighted by Crippen LogP contribution is 2.16. The molecule has 130 valence electrons. The van der Waals surface area contributed by atoms with Crippen molar-refractivity contribution in [3.05, 3.63) is 0 Å². The van der Waals surface area contributed by atoms with E-state index in [-0.39, 0.29) is 16.7 Å². The number of hydrogen-bond donors (Lipinski definition) is 1. The number of carbonyl (C=O) groups excluding carboxylic acids is 2. The molecule has 0 aromatic rings. The van der Waals surface area contributed by atoms with Gasteiger partial charge in [-0.25, -0.2) is 9.59 Å². The van der Waals surface area contributed by atoms with Crippen LogP contribution in [0, 0.1) is 16.7 Å². The molecule has 0 saturated heterocycles. The van der Waals surface area contributed by atoms with Gasteiger partial charge in [-0.3, -0.25) is 0 Å². The lowest BCUT2D eigenvalue weighted by atomic mass is 9.97. The van der Waals surface area contributed by atoms with Crippen LogP contribution in [0.5, 0.6) is 0 Å². The first-order chi connectivity index (χ1) is 9.85. The fourth-order valence-electron chi connectivity index (χ4n) is 1.50. The van der Waals surface area contributed by atoms with Crippen LogP contribution in [0.2, 0.25) is 0 Å². The van der Waals surface area contributed by atoms with Crippen molar-refractivity contribution in [2.75, 3.05) is 13.2 Å². The fraction of sp³-hybridized carbons (Fsp3) is 0.882. The van der Waals surface area contributed by atoms with Crippen molar-refractivity contribution in [1.82, 2.24) is 5.32 Å². The molecular formula is C17H33NO4. The van der Waals surface area contributed by atoms with Crippen molar-refractivity contribution in [3.63, 3.8) is 0 Å². The van der Waals surface area contributed by atoms with E-state index >= 15 is 0 Å². The molecule has 2 atom stereocenters. The van der Waals surface area contributed by atoms with E-state index in [0.29, 0.717) is 13.2 Å². The lowest BCUT2D eigenvalue weighted by molar-refractivity contribution is -0.150. The van der Waals surface area contributed by atoms with Crippen LogP contribution in [0.15, 0.2) is 0 Å². The van der Waals surface area contributed by atoms with E-state index in [1.807, 2.05) is 55.4 Å². The largest absolute Gasteiger partial charge is 0.464 e. The van der Waals surface area contributed by atoms with Crippen molar-refractivity contribution in [3.8, 4) is 0 Å². The highest BCUT2D eigenvalue weighted by molar-refractivity contribution is 5.81. The second-order valence-corrected chi connectivity index (χ2v) is 8.31. The summed E-state index contributed by atoms with van der Waals surface area (Å²) in [5, 5.41) is 2.64. The Balaban J connectivity index is 4.64. The quantitative estimate of drug-likeness (QED) is 0.758. The van der Waals surface area contributed by atoms with Gasteiger partial charge in [-0.1, -0.05) is 61.8 Å². The molecule has 0 bridgehead atoms. The molecular weight excluding hydrogens is 282 g/mol. The van der Waals surface area contributed by atoms with Gasteiger partial charge in [0.1, 0.15) is 6.04 Å². The lowest BCUT2D eigenvalue weighted by Gasteiger charge is -2.26. The molecule has 0 rings (SSSR count). The van der Waals surface area contributed by atoms with Crippen LogP contribution in [0.1, 0.15) is 61.8 Å². The van der Waals surface area contributed by atoms with E-state index in [4.69, 9.17) is 9.47 Å². The zero-order valence-corrected chi connectivity index (χ0v) is 15.4. The summed E-state index contributed by atoms with van der Waals surface area (Å²) in [6, 6.07) is -0.681. The van der Waals surface area contributed by atoms with Gasteiger partial charge in [0.2, 0.25) is 0 Å². The number of nitrogens with one attached hydrogen (secondary N) is 1. The van der Waals surface area contributed by atoms with Crippen LogP contribution in [0.3, 0.4) is 0 Å². The third-order valence-corrected chi connectivity index (χ3v) is 3.02. The molecule has 0 fully saturated rings. The first-order valence-corrected chi connectivity index (χ1v) is 7.95. The predicted octanol–water partition coefficient (Wildman–Crippen LogP) is 3.76. The predicted molar refractivity (Wildman–Crippen MR) is 87.6 cm³/mol. The summed E-state index contributed by atoms with van der Waals surface area (Å²) in [6.45, 7) is 16.4. The Labute approximate surface area is 135 Å². The van der Waals surface area contributed by atoms with Gasteiger partial charge in [-0.15, -0.1) is 0 Å². The van der Waals surface area contributed by atoms with Crippen molar-refractivity contribution < 1.29 is 19.1 Å². The Morgan fingerprint density at radius 1 is 0.955 bits per heavy atom. The number of ether oxygens (including phenoxy) is 2. The summed E-state index contributed by atoms with van der Waals surface area (Å²) in [5.74, 6) is -0.424. The zero-order chi connectivity index (χ0) is 17.6. The van der Waals surface area contributed by atoms with Crippen LogP contribution in [0.4, 0.5) is 4.79 Å². The fourth-order valence-corrected chi connectivity index (χ4v) is 1.50. The average Bonchev–Trinajstić information content (AvgIpc) is 2.37. The van der Waals surface area contributed by atoms with Gasteiger partial charge in [0, 0.05) is 0 Å². The first-order valence-electron chi connectivity index (χ1n) is 7.95. The Hall–Kier alpha value is -1.26. The van der Waals surface area contributed by atoms with E-state index in [2.05, 4.69) is 5.32 Å². The maximum absolute atomic E-state index is 12.2. The van der Waals surface area contributed by atoms with Crippen LogP contribution in [-0.4, -0.2) is 31.3 Å². The van der Waals surface area contributed by atoms with Gasteiger partial charge in [0.25, 0.3) is 0 Å². The number of hydrogen-bond acceptors (Lipinski definition) is 4. The standard InChI is InChI=1S/C17H33NO4/c1-9-12(2)13(14(19)21-10-16(3,4)5)18-15(20)22-11-17(6,7)8/h12-13H,9-11H2,1-8H3,(H,18,20). The molecule has 1 amide bonds. The number of carbonyl (C=O) groups is 2. The molecule has 0 saturated carbocycles. The van der Waals surface area contributed by atoms with E-state index < -0.39 is 18.1 Å². The molecule has 1 N–H and O–H groups in total. The minimum absolute atomic E-state index is 0.0188. The smallest absolute Gasteiger partial charge is 0.407 e. The Morgan fingerprint density at radius 2 is 1.41 bits per heavy atom. The highest BCUT2D eigenvalue weighted by atomic mass is 16.6. The summed E-state index contributed by atoms with van der Waals surface area (Å²) in [7, 11) is 0. The average molecular weight is 315 g/mol. The molecule has 0 aliphatic rings. The van der Waals surface area contributed by atoms with Crippen molar-refractivity contribution in [2.24, 2.45) is 16.7 Å². The first kappa shape index (κ1) is 20.7. The van der Waals surface area contributed by atoms with E-state index in [0.717, 1.165) is 6.42 Å². The second-order valence-electron chi connectivity index (χ2n) is 8.31. The van der Waals surface area contributed by atoms with Gasteiger partial charge < -0.3 is 14.8 Å². The zero-order valence-electron chi connectivity index (χ0n) is 15.4. The second kappa shape index (κ2) is 8.39. The molecule has 0 aromatic carbocycles. The number of esters is 1. The van der Waals surface area contributed by atoms with Gasteiger partial charge >= 0.3 is 12.1 Å². The Bertz CT molecular complexity index is 366. The highest BCUT2D eigenvalue weighted by Gasteiger charge is 2.29. The summed E-state index contributed by atoms with van der Waals surface area (Å²) in [4.78, 5) is 24.1. The van der Waals surface area contributed by atoms with E-state index in [1.165, 1.54) is 0 Å². The van der Waals surface area contributed by atoms with Gasteiger partial charge in [-0.2, -0.15) is 0 Å². The van der Waals surface area contributed by atoms with Gasteiger partial charge in [0.15, 0.2) is 0 Å². The minimum Gasteiger partial charge on any atom is -0.464 e. The summed E-state index contributed by atoms with van der Waals surface area (Å²) < 4.78 is 10.5. The molecule has 0 spiro atoms. The normalized spacial score (nSPS) is 14.9. The molecule has 0 aliphatic carbocycles. The van der Waals surface area contributed by atoms with Crippen LogP contribution in [-0.2, 0) is 14.3 Å². The van der Waals surface area contributed by atoms with Crippen molar-refractivity contribution >= 4 is 12.1 Å². The molecule has 0 aliphatic heterocycles. The van der Waals surface area contributed by atoms with Crippen LogP contribution < -0.4 is 5.32 Å². The lowest BCUT2D eigenvalue weighted by Crippen LogP contribution is -2.47. The van der Waals surface area contributed by atoms with Crippen LogP contribution in [0.25, 0.3) is 0 Å². The molecule has 5 heteroatoms. The number of alkyl carbamates (subject to hydrolysis) is 1. The summed E-state index contributed by atoms with van der Waals surface area (Å²) in [6.07, 6.45) is 0.183. The third kappa shape index (κ3) is 9.64. The minimum atomic E-state index is -0.681. The monoisotopic (exact) mass is 315 g/mol. The van der Waals surface area contributed by atoms with Gasteiger partial charge in [-0.05, 0) is 16.7 Å². The maximum Gasteiger partial charge on any atom is 0.407 e. The Kier molecular flexibility index (Phi) is 7.91. The summed E-state index contributed by atoms with van der Waals surface area (Å²) in [5.41, 5.74) is -0.224. The van der Waals surface area contributed by atoms with Crippen LogP contribution >= 0.6 is 0 Å². The topological polar surface area (TPSA) is 64.6 Å². The molecule has 0 heterocycles. The maximum atomic E-state index is 12.2. The molecule has 22 heavy (non-hydrogen) atoms. The van der Waals surface area contributed by atoms with E-state index in [1.54, 1.807) is 0 Å².